The van der Waals surface area contributed by atoms with Crippen LogP contribution in [0.15, 0.2) is 182 Å². The summed E-state index contributed by atoms with van der Waals surface area (Å²) in [5.41, 5.74) is 17.0. The molecule has 0 radical (unpaired) electrons. The average molecular weight is 723 g/mol. The van der Waals surface area contributed by atoms with E-state index in [1.165, 1.54) is 0 Å². The molecule has 4 heteroatoms. The molecule has 4 nitrogen and oxygen atoms in total. The Morgan fingerprint density at radius 2 is 0.304 bits per heavy atom. The van der Waals surface area contributed by atoms with Gasteiger partial charge in [0.05, 0.1) is 0 Å². The summed E-state index contributed by atoms with van der Waals surface area (Å²) in [5.74, 6) is 0. The van der Waals surface area contributed by atoms with E-state index in [9.17, 15) is 19.2 Å². The third-order valence-corrected chi connectivity index (χ3v) is 10.2. The van der Waals surface area contributed by atoms with E-state index < -0.39 is 0 Å². The lowest BCUT2D eigenvalue weighted by Gasteiger charge is -2.13. The van der Waals surface area contributed by atoms with Crippen molar-refractivity contribution in [2.24, 2.45) is 0 Å². The summed E-state index contributed by atoms with van der Waals surface area (Å²) in [4.78, 5) is 45.2. The van der Waals surface area contributed by atoms with Gasteiger partial charge < -0.3 is 0 Å². The molecule has 8 aromatic rings. The Balaban J connectivity index is 1.11. The predicted molar refractivity (Wildman–Crippen MR) is 226 cm³/mol. The molecule has 0 heterocycles. The van der Waals surface area contributed by atoms with Crippen LogP contribution in [-0.4, -0.2) is 25.1 Å². The molecule has 0 spiro atoms. The van der Waals surface area contributed by atoms with E-state index in [4.69, 9.17) is 0 Å². The molecule has 0 aliphatic rings. The summed E-state index contributed by atoms with van der Waals surface area (Å²) in [7, 11) is 0. The van der Waals surface area contributed by atoms with Gasteiger partial charge in [0, 0.05) is 22.3 Å². The maximum Gasteiger partial charge on any atom is 0.150 e. The van der Waals surface area contributed by atoms with Crippen LogP contribution < -0.4 is 0 Å². The van der Waals surface area contributed by atoms with Crippen molar-refractivity contribution in [1.82, 2.24) is 0 Å². The first kappa shape index (κ1) is 35.5. The van der Waals surface area contributed by atoms with Gasteiger partial charge in [-0.15, -0.1) is 0 Å². The lowest BCUT2D eigenvalue weighted by atomic mass is 9.91. The van der Waals surface area contributed by atoms with E-state index in [2.05, 4.69) is 84.9 Å². The normalized spacial score (nSPS) is 10.8. The zero-order valence-electron chi connectivity index (χ0n) is 30.3. The zero-order valence-corrected chi connectivity index (χ0v) is 30.3. The Kier molecular flexibility index (Phi) is 10.0. The molecule has 0 amide bonds. The zero-order chi connectivity index (χ0) is 38.4. The van der Waals surface area contributed by atoms with Gasteiger partial charge >= 0.3 is 0 Å². The number of hydrogen-bond donors (Lipinski definition) is 0. The molecule has 0 unspecified atom stereocenters. The molecule has 0 saturated carbocycles. The Morgan fingerprint density at radius 3 is 0.446 bits per heavy atom. The van der Waals surface area contributed by atoms with E-state index in [-0.39, 0.29) is 0 Å². The van der Waals surface area contributed by atoms with Crippen LogP contribution in [0, 0.1) is 0 Å². The molecule has 0 saturated heterocycles. The van der Waals surface area contributed by atoms with Crippen molar-refractivity contribution in [3.05, 3.63) is 204 Å². The quantitative estimate of drug-likeness (QED) is 0.125. The summed E-state index contributed by atoms with van der Waals surface area (Å²) in [5, 5.41) is 0. The summed E-state index contributed by atoms with van der Waals surface area (Å²) in [6.45, 7) is 0. The monoisotopic (exact) mass is 722 g/mol. The minimum Gasteiger partial charge on any atom is -0.298 e. The van der Waals surface area contributed by atoms with Gasteiger partial charge in [0.25, 0.3) is 0 Å². The standard InChI is InChI=1S/C52H34O4/c53-31-35-1-9-41(10-2-35)47-25-48(42-11-3-36(32-54)4-12-42)28-51(27-47)45-21-17-39(18-22-45)40-19-23-46(24-20-40)52-29-49(43-13-5-37(33-55)6-14-43)26-50(30-52)44-15-7-38(34-56)8-16-44/h1-34H. The molecule has 0 aromatic heterocycles. The molecule has 56 heavy (non-hydrogen) atoms. The van der Waals surface area contributed by atoms with Gasteiger partial charge in [0.15, 0.2) is 0 Å². The fourth-order valence-corrected chi connectivity index (χ4v) is 6.98. The highest BCUT2D eigenvalue weighted by Gasteiger charge is 2.11. The summed E-state index contributed by atoms with van der Waals surface area (Å²) >= 11 is 0. The second-order valence-electron chi connectivity index (χ2n) is 13.7. The van der Waals surface area contributed by atoms with Crippen LogP contribution in [-0.2, 0) is 0 Å². The molecule has 0 atom stereocenters. The van der Waals surface area contributed by atoms with Gasteiger partial charge in [0.1, 0.15) is 25.1 Å². The summed E-state index contributed by atoms with van der Waals surface area (Å²) in [6, 6.07) is 60.3. The molecule has 0 aliphatic carbocycles. The topological polar surface area (TPSA) is 68.3 Å². The molecular weight excluding hydrogens is 689 g/mol. The van der Waals surface area contributed by atoms with Gasteiger partial charge in [-0.05, 0) is 114 Å². The highest BCUT2D eigenvalue weighted by atomic mass is 16.1. The second-order valence-corrected chi connectivity index (χ2v) is 13.7. The SMILES string of the molecule is O=Cc1ccc(-c2cc(-c3ccc(C=O)cc3)cc(-c3ccc(-c4ccc(-c5cc(-c6ccc(C=O)cc6)cc(-c6ccc(C=O)cc6)c5)cc4)cc3)c2)cc1. The maximum absolute atomic E-state index is 11.3. The second kappa shape index (κ2) is 15.8. The fraction of sp³-hybridized carbons (Fsp3) is 0. The Bertz CT molecular complexity index is 2360. The summed E-state index contributed by atoms with van der Waals surface area (Å²) in [6.07, 6.45) is 3.39. The fourth-order valence-electron chi connectivity index (χ4n) is 6.98. The number of aldehydes is 4. The lowest BCUT2D eigenvalue weighted by molar-refractivity contribution is 0.111. The molecule has 266 valence electrons. The number of carbonyl (C=O) groups excluding carboxylic acids is 4. The van der Waals surface area contributed by atoms with E-state index in [1.54, 1.807) is 0 Å². The Labute approximate surface area is 325 Å². The van der Waals surface area contributed by atoms with Gasteiger partial charge in [-0.25, -0.2) is 0 Å². The minimum absolute atomic E-state index is 0.626. The predicted octanol–water partition coefficient (Wildman–Crippen LogP) is 12.6. The van der Waals surface area contributed by atoms with E-state index in [1.807, 2.05) is 97.1 Å². The van der Waals surface area contributed by atoms with Crippen molar-refractivity contribution >= 4 is 25.1 Å². The van der Waals surface area contributed by atoms with Gasteiger partial charge in [-0.2, -0.15) is 0 Å². The van der Waals surface area contributed by atoms with Crippen LogP contribution in [0.3, 0.4) is 0 Å². The first-order valence-electron chi connectivity index (χ1n) is 18.2. The molecule has 0 N–H and O–H groups in total. The molecule has 0 aliphatic heterocycles. The largest absolute Gasteiger partial charge is 0.298 e. The number of hydrogen-bond acceptors (Lipinski definition) is 4. The molecular formula is C52H34O4. The third-order valence-electron chi connectivity index (χ3n) is 10.2. The van der Waals surface area contributed by atoms with Crippen molar-refractivity contribution in [2.75, 3.05) is 0 Å². The number of benzene rings is 8. The first-order valence-corrected chi connectivity index (χ1v) is 18.2. The molecule has 8 rings (SSSR count). The van der Waals surface area contributed by atoms with E-state index in [0.717, 1.165) is 103 Å². The highest BCUT2D eigenvalue weighted by Crippen LogP contribution is 2.36. The van der Waals surface area contributed by atoms with Crippen LogP contribution in [0.25, 0.3) is 77.9 Å². The van der Waals surface area contributed by atoms with E-state index in [0.29, 0.717) is 22.3 Å². The highest BCUT2D eigenvalue weighted by molar-refractivity contribution is 5.86. The van der Waals surface area contributed by atoms with Crippen LogP contribution in [0.4, 0.5) is 0 Å². The first-order chi connectivity index (χ1) is 27.5. The van der Waals surface area contributed by atoms with Crippen molar-refractivity contribution in [3.63, 3.8) is 0 Å². The number of rotatable bonds is 11. The van der Waals surface area contributed by atoms with E-state index >= 15 is 0 Å². The van der Waals surface area contributed by atoms with Crippen molar-refractivity contribution in [2.45, 2.75) is 0 Å². The van der Waals surface area contributed by atoms with Crippen molar-refractivity contribution < 1.29 is 19.2 Å². The van der Waals surface area contributed by atoms with Crippen LogP contribution >= 0.6 is 0 Å². The van der Waals surface area contributed by atoms with Crippen molar-refractivity contribution in [3.8, 4) is 77.9 Å². The molecule has 0 bridgehead atoms. The number of carbonyl (C=O) groups is 4. The van der Waals surface area contributed by atoms with Crippen LogP contribution in [0.1, 0.15) is 41.4 Å². The molecule has 8 aromatic carbocycles. The molecule has 0 fully saturated rings. The van der Waals surface area contributed by atoms with Gasteiger partial charge in [-0.1, -0.05) is 146 Å². The smallest absolute Gasteiger partial charge is 0.150 e. The van der Waals surface area contributed by atoms with Crippen molar-refractivity contribution in [1.29, 1.82) is 0 Å². The minimum atomic E-state index is 0.626. The van der Waals surface area contributed by atoms with Crippen LogP contribution in [0.5, 0.6) is 0 Å². The van der Waals surface area contributed by atoms with Gasteiger partial charge in [0.2, 0.25) is 0 Å². The maximum atomic E-state index is 11.3. The van der Waals surface area contributed by atoms with Crippen LogP contribution in [0.2, 0.25) is 0 Å². The Hall–Kier alpha value is -7.56. The van der Waals surface area contributed by atoms with Gasteiger partial charge in [-0.3, -0.25) is 19.2 Å². The average Bonchev–Trinajstić information content (AvgIpc) is 3.29. The Morgan fingerprint density at radius 1 is 0.179 bits per heavy atom. The lowest BCUT2D eigenvalue weighted by Crippen LogP contribution is -1.89. The summed E-state index contributed by atoms with van der Waals surface area (Å²) < 4.78 is 0. The third kappa shape index (κ3) is 7.58.